The van der Waals surface area contributed by atoms with E-state index in [2.05, 4.69) is 25.2 Å². The predicted molar refractivity (Wildman–Crippen MR) is 76.8 cm³/mol. The zero-order chi connectivity index (χ0) is 14.5. The van der Waals surface area contributed by atoms with Crippen molar-refractivity contribution in [1.29, 1.82) is 0 Å². The average molecular weight is 289 g/mol. The van der Waals surface area contributed by atoms with Gasteiger partial charge in [-0.2, -0.15) is 5.10 Å². The molecule has 1 aliphatic heterocycles. The number of hydrogen-bond donors (Lipinski definition) is 0. The van der Waals surface area contributed by atoms with Gasteiger partial charge in [-0.25, -0.2) is 0 Å². The molecule has 0 amide bonds. The quantitative estimate of drug-likeness (QED) is 0.806. The highest BCUT2D eigenvalue weighted by Gasteiger charge is 2.22. The minimum absolute atomic E-state index is 0.151. The molecule has 0 aromatic carbocycles. The van der Waals surface area contributed by atoms with Gasteiger partial charge in [-0.15, -0.1) is 5.10 Å². The fraction of sp³-hybridized carbons (Fsp3) is 0.500. The van der Waals surface area contributed by atoms with Gasteiger partial charge in [-0.1, -0.05) is 5.16 Å². The minimum atomic E-state index is 0.151. The van der Waals surface area contributed by atoms with Crippen molar-refractivity contribution >= 4 is 5.82 Å². The van der Waals surface area contributed by atoms with Crippen LogP contribution in [0, 0.1) is 0 Å². The lowest BCUT2D eigenvalue weighted by atomic mass is 10.2. The Hall–Kier alpha value is -1.99. The molecule has 112 valence electrons. The molecule has 3 rings (SSSR count). The van der Waals surface area contributed by atoms with Gasteiger partial charge in [-0.05, 0) is 12.1 Å². The van der Waals surface area contributed by atoms with E-state index < -0.39 is 0 Å². The second-order valence-corrected chi connectivity index (χ2v) is 5.18. The molecular formula is C14H19N5O2. The highest BCUT2D eigenvalue weighted by molar-refractivity contribution is 5.35. The molecule has 7 nitrogen and oxygen atoms in total. The standard InChI is InChI=1S/C14H19N5O2/c1-18(14-3-2-5-15-16-14)10-13-11-19(6-8-20-13)9-12-4-7-21-17-12/h2-5,7,13H,6,8-11H2,1H3/t13-/m1/s1. The Morgan fingerprint density at radius 2 is 2.38 bits per heavy atom. The van der Waals surface area contributed by atoms with E-state index in [0.717, 1.165) is 44.3 Å². The van der Waals surface area contributed by atoms with Gasteiger partial charge in [-0.3, -0.25) is 4.90 Å². The zero-order valence-corrected chi connectivity index (χ0v) is 12.1. The van der Waals surface area contributed by atoms with Crippen molar-refractivity contribution < 1.29 is 9.26 Å². The molecule has 0 spiro atoms. The molecule has 7 heteroatoms. The van der Waals surface area contributed by atoms with E-state index in [4.69, 9.17) is 9.26 Å². The first-order valence-corrected chi connectivity index (χ1v) is 7.03. The van der Waals surface area contributed by atoms with Gasteiger partial charge in [0.05, 0.1) is 18.4 Å². The van der Waals surface area contributed by atoms with Crippen LogP contribution in [0.25, 0.3) is 0 Å². The van der Waals surface area contributed by atoms with Gasteiger partial charge in [0.15, 0.2) is 5.82 Å². The van der Waals surface area contributed by atoms with Gasteiger partial charge >= 0.3 is 0 Å². The largest absolute Gasteiger partial charge is 0.374 e. The maximum Gasteiger partial charge on any atom is 0.151 e. The normalized spacial score (nSPS) is 19.6. The zero-order valence-electron chi connectivity index (χ0n) is 12.1. The van der Waals surface area contributed by atoms with E-state index in [-0.39, 0.29) is 6.10 Å². The first-order chi connectivity index (χ1) is 10.3. The molecule has 1 saturated heterocycles. The van der Waals surface area contributed by atoms with Gasteiger partial charge in [0.2, 0.25) is 0 Å². The van der Waals surface area contributed by atoms with Crippen molar-refractivity contribution in [1.82, 2.24) is 20.3 Å². The van der Waals surface area contributed by atoms with Crippen LogP contribution in [-0.4, -0.2) is 59.6 Å². The smallest absolute Gasteiger partial charge is 0.151 e. The monoisotopic (exact) mass is 289 g/mol. The molecule has 0 N–H and O–H groups in total. The van der Waals surface area contributed by atoms with Crippen molar-refractivity contribution in [3.63, 3.8) is 0 Å². The molecule has 2 aromatic rings. The summed E-state index contributed by atoms with van der Waals surface area (Å²) in [4.78, 5) is 4.40. The summed E-state index contributed by atoms with van der Waals surface area (Å²) in [5.74, 6) is 0.856. The Kier molecular flexibility index (Phi) is 4.42. The molecule has 0 saturated carbocycles. The van der Waals surface area contributed by atoms with Crippen LogP contribution in [0.1, 0.15) is 5.69 Å². The van der Waals surface area contributed by atoms with Gasteiger partial charge in [0, 0.05) is 45.5 Å². The van der Waals surface area contributed by atoms with Crippen molar-refractivity contribution in [2.75, 3.05) is 38.2 Å². The third kappa shape index (κ3) is 3.77. The topological polar surface area (TPSA) is 67.5 Å². The summed E-state index contributed by atoms with van der Waals surface area (Å²) >= 11 is 0. The Balaban J connectivity index is 1.54. The van der Waals surface area contributed by atoms with E-state index in [1.54, 1.807) is 12.5 Å². The number of rotatable bonds is 5. The van der Waals surface area contributed by atoms with Crippen LogP contribution in [0.5, 0.6) is 0 Å². The number of hydrogen-bond acceptors (Lipinski definition) is 7. The van der Waals surface area contributed by atoms with Crippen LogP contribution >= 0.6 is 0 Å². The Morgan fingerprint density at radius 1 is 1.43 bits per heavy atom. The average Bonchev–Trinajstić information content (AvgIpc) is 3.01. The summed E-state index contributed by atoms with van der Waals surface area (Å²) in [5, 5.41) is 12.0. The first kappa shape index (κ1) is 14.0. The number of aromatic nitrogens is 3. The first-order valence-electron chi connectivity index (χ1n) is 7.03. The van der Waals surface area contributed by atoms with Gasteiger partial charge in [0.1, 0.15) is 6.26 Å². The number of nitrogens with zero attached hydrogens (tertiary/aromatic N) is 5. The van der Waals surface area contributed by atoms with Crippen LogP contribution < -0.4 is 4.90 Å². The van der Waals surface area contributed by atoms with Gasteiger partial charge in [0.25, 0.3) is 0 Å². The molecule has 21 heavy (non-hydrogen) atoms. The number of anilines is 1. The van der Waals surface area contributed by atoms with Gasteiger partial charge < -0.3 is 14.2 Å². The molecular weight excluding hydrogens is 270 g/mol. The highest BCUT2D eigenvalue weighted by Crippen LogP contribution is 2.13. The Labute approximate surface area is 123 Å². The molecule has 0 aliphatic carbocycles. The maximum absolute atomic E-state index is 5.84. The number of likely N-dealkylation sites (N-methyl/N-ethyl adjacent to an activating group) is 1. The molecule has 0 unspecified atom stereocenters. The lowest BCUT2D eigenvalue weighted by Gasteiger charge is -2.34. The summed E-state index contributed by atoms with van der Waals surface area (Å²) in [7, 11) is 2.00. The van der Waals surface area contributed by atoms with Crippen LogP contribution in [0.15, 0.2) is 35.2 Å². The summed E-state index contributed by atoms with van der Waals surface area (Å²) < 4.78 is 10.7. The van der Waals surface area contributed by atoms with Crippen molar-refractivity contribution in [3.05, 3.63) is 36.4 Å². The Morgan fingerprint density at radius 3 is 3.14 bits per heavy atom. The van der Waals surface area contributed by atoms with Crippen LogP contribution in [0.4, 0.5) is 5.82 Å². The van der Waals surface area contributed by atoms with Crippen molar-refractivity contribution in [2.24, 2.45) is 0 Å². The number of morpholine rings is 1. The van der Waals surface area contributed by atoms with Crippen LogP contribution in [-0.2, 0) is 11.3 Å². The fourth-order valence-electron chi connectivity index (χ4n) is 2.48. The van der Waals surface area contributed by atoms with Crippen LogP contribution in [0.2, 0.25) is 0 Å². The Bertz CT molecular complexity index is 534. The lowest BCUT2D eigenvalue weighted by Crippen LogP contribution is -2.46. The highest BCUT2D eigenvalue weighted by atomic mass is 16.5. The molecule has 0 bridgehead atoms. The third-order valence-corrected chi connectivity index (χ3v) is 3.53. The molecule has 1 atom stereocenters. The third-order valence-electron chi connectivity index (χ3n) is 3.53. The summed E-state index contributed by atoms with van der Waals surface area (Å²) in [6, 6.07) is 5.73. The minimum Gasteiger partial charge on any atom is -0.374 e. The molecule has 1 fully saturated rings. The summed E-state index contributed by atoms with van der Waals surface area (Å²) in [6.07, 6.45) is 3.43. The van der Waals surface area contributed by atoms with E-state index >= 15 is 0 Å². The molecule has 2 aromatic heterocycles. The molecule has 3 heterocycles. The fourth-order valence-corrected chi connectivity index (χ4v) is 2.48. The lowest BCUT2D eigenvalue weighted by molar-refractivity contribution is -0.0270. The van der Waals surface area contributed by atoms with Crippen molar-refractivity contribution in [2.45, 2.75) is 12.6 Å². The van der Waals surface area contributed by atoms with Crippen molar-refractivity contribution in [3.8, 4) is 0 Å². The molecule has 0 radical (unpaired) electrons. The molecule has 1 aliphatic rings. The SMILES string of the molecule is CN(C[C@@H]1CN(Cc2ccon2)CCO1)c1cccnn1. The summed E-state index contributed by atoms with van der Waals surface area (Å²) in [5.41, 5.74) is 0.956. The summed E-state index contributed by atoms with van der Waals surface area (Å²) in [6.45, 7) is 4.10. The van der Waals surface area contributed by atoms with E-state index in [0.29, 0.717) is 0 Å². The van der Waals surface area contributed by atoms with E-state index in [1.165, 1.54) is 0 Å². The second kappa shape index (κ2) is 6.64. The van der Waals surface area contributed by atoms with E-state index in [1.807, 2.05) is 25.2 Å². The predicted octanol–water partition coefficient (Wildman–Crippen LogP) is 0.802. The number of ether oxygens (including phenoxy) is 1. The van der Waals surface area contributed by atoms with E-state index in [9.17, 15) is 0 Å². The van der Waals surface area contributed by atoms with Crippen LogP contribution in [0.3, 0.4) is 0 Å². The maximum atomic E-state index is 5.84. The second-order valence-electron chi connectivity index (χ2n) is 5.18.